The van der Waals surface area contributed by atoms with E-state index in [9.17, 15) is 18.7 Å². The number of methoxy groups -OCH3 is 1. The summed E-state index contributed by atoms with van der Waals surface area (Å²) in [5, 5.41) is 19.0. The van der Waals surface area contributed by atoms with Crippen molar-refractivity contribution in [2.24, 2.45) is 4.99 Å². The van der Waals surface area contributed by atoms with Crippen LogP contribution in [0.15, 0.2) is 22.7 Å². The highest BCUT2D eigenvalue weighted by Crippen LogP contribution is 2.29. The maximum absolute atomic E-state index is 14.0. The van der Waals surface area contributed by atoms with Gasteiger partial charge in [0.25, 0.3) is 0 Å². The highest BCUT2D eigenvalue weighted by molar-refractivity contribution is 6.14. The van der Waals surface area contributed by atoms with E-state index in [1.54, 1.807) is 0 Å². The molecule has 1 aliphatic rings. The molecule has 5 nitrogen and oxygen atoms in total. The first-order valence-corrected chi connectivity index (χ1v) is 6.17. The van der Waals surface area contributed by atoms with Crippen molar-refractivity contribution in [2.75, 3.05) is 7.11 Å². The minimum atomic E-state index is -1.46. The molecule has 0 heterocycles. The van der Waals surface area contributed by atoms with E-state index in [-0.39, 0.29) is 6.04 Å². The lowest BCUT2D eigenvalue weighted by Crippen LogP contribution is -2.08. The molecule has 21 heavy (non-hydrogen) atoms. The zero-order valence-corrected chi connectivity index (χ0v) is 11.1. The molecule has 112 valence electrons. The van der Waals surface area contributed by atoms with Crippen LogP contribution in [0.2, 0.25) is 0 Å². The van der Waals surface area contributed by atoms with Crippen LogP contribution in [-0.2, 0) is 4.79 Å². The van der Waals surface area contributed by atoms with E-state index >= 15 is 0 Å². The van der Waals surface area contributed by atoms with Crippen molar-refractivity contribution in [1.29, 1.82) is 0 Å². The van der Waals surface area contributed by atoms with Gasteiger partial charge in [-0.25, -0.2) is 13.6 Å². The quantitative estimate of drug-likeness (QED) is 0.497. The van der Waals surface area contributed by atoms with Crippen molar-refractivity contribution in [3.8, 4) is 5.75 Å². The summed E-state index contributed by atoms with van der Waals surface area (Å²) < 4.78 is 31.9. The third-order valence-electron chi connectivity index (χ3n) is 2.96. The van der Waals surface area contributed by atoms with Crippen LogP contribution in [0.3, 0.4) is 0 Å². The van der Waals surface area contributed by atoms with Crippen LogP contribution in [0.5, 0.6) is 5.75 Å². The first-order valence-electron chi connectivity index (χ1n) is 6.17. The zero-order chi connectivity index (χ0) is 15.6. The van der Waals surface area contributed by atoms with Gasteiger partial charge >= 0.3 is 5.97 Å². The number of hydrogen-bond acceptors (Lipinski definition) is 4. The molecule has 2 rings (SSSR count). The minimum absolute atomic E-state index is 0.0414. The fourth-order valence-corrected chi connectivity index (χ4v) is 1.67. The number of carboxylic acid groups (broad SMARTS) is 1. The summed E-state index contributed by atoms with van der Waals surface area (Å²) in [5.74, 6) is -5.10. The predicted octanol–water partition coefficient (Wildman–Crippen LogP) is 2.56. The first-order chi connectivity index (χ1) is 9.95. The molecule has 0 spiro atoms. The van der Waals surface area contributed by atoms with Crippen molar-refractivity contribution in [3.63, 3.8) is 0 Å². The zero-order valence-electron chi connectivity index (χ0n) is 11.1. The molecule has 0 saturated heterocycles. The first kappa shape index (κ1) is 15.0. The number of benzene rings is 1. The van der Waals surface area contributed by atoms with E-state index in [0.717, 1.165) is 38.3 Å². The van der Waals surface area contributed by atoms with E-state index in [1.807, 2.05) is 0 Å². The number of carboxylic acids is 1. The van der Waals surface area contributed by atoms with Gasteiger partial charge in [0.05, 0.1) is 18.7 Å². The second-order valence-electron chi connectivity index (χ2n) is 4.52. The van der Waals surface area contributed by atoms with Crippen LogP contribution >= 0.6 is 0 Å². The number of halogens is 2. The molecule has 0 unspecified atom stereocenters. The second kappa shape index (κ2) is 5.90. The maximum atomic E-state index is 14.0. The molecule has 1 saturated carbocycles. The van der Waals surface area contributed by atoms with Crippen LogP contribution in [0.4, 0.5) is 8.78 Å². The SMILES string of the molecule is COc1c(F)ccc(C(O)=C(C=NC2CC2)C(=O)O)c1F. The molecular formula is C14H13F2NO4. The van der Waals surface area contributed by atoms with E-state index in [0.29, 0.717) is 0 Å². The summed E-state index contributed by atoms with van der Waals surface area (Å²) in [6, 6.07) is 1.86. The number of aliphatic hydroxyl groups excluding tert-OH is 1. The number of aliphatic carboxylic acids is 1. The Labute approximate surface area is 119 Å². The summed E-state index contributed by atoms with van der Waals surface area (Å²) in [6.07, 6.45) is 2.69. The summed E-state index contributed by atoms with van der Waals surface area (Å²) in [4.78, 5) is 15.1. The van der Waals surface area contributed by atoms with Gasteiger partial charge < -0.3 is 14.9 Å². The molecule has 0 bridgehead atoms. The van der Waals surface area contributed by atoms with Gasteiger partial charge in [0.1, 0.15) is 11.3 Å². The molecule has 0 amide bonds. The fraction of sp³-hybridized carbons (Fsp3) is 0.286. The molecule has 1 aliphatic carbocycles. The van der Waals surface area contributed by atoms with Gasteiger partial charge in [-0.15, -0.1) is 0 Å². The van der Waals surface area contributed by atoms with E-state index in [1.165, 1.54) is 0 Å². The van der Waals surface area contributed by atoms with Gasteiger partial charge in [-0.2, -0.15) is 0 Å². The molecule has 0 aromatic heterocycles. The van der Waals surface area contributed by atoms with Gasteiger partial charge in [-0.3, -0.25) is 4.99 Å². The second-order valence-corrected chi connectivity index (χ2v) is 4.52. The molecular weight excluding hydrogens is 284 g/mol. The predicted molar refractivity (Wildman–Crippen MR) is 71.6 cm³/mol. The number of rotatable bonds is 5. The Morgan fingerprint density at radius 1 is 1.38 bits per heavy atom. The lowest BCUT2D eigenvalue weighted by atomic mass is 10.1. The fourth-order valence-electron chi connectivity index (χ4n) is 1.67. The van der Waals surface area contributed by atoms with Crippen LogP contribution in [-0.4, -0.2) is 35.5 Å². The normalized spacial score (nSPS) is 16.0. The molecule has 1 aromatic carbocycles. The average Bonchev–Trinajstić information content (AvgIpc) is 3.23. The monoisotopic (exact) mass is 297 g/mol. The van der Waals surface area contributed by atoms with Gasteiger partial charge in [0.15, 0.2) is 17.4 Å². The van der Waals surface area contributed by atoms with Gasteiger partial charge in [-0.1, -0.05) is 0 Å². The number of nitrogens with zero attached hydrogens (tertiary/aromatic N) is 1. The Kier molecular flexibility index (Phi) is 4.21. The third-order valence-corrected chi connectivity index (χ3v) is 2.96. The summed E-state index contributed by atoms with van der Waals surface area (Å²) in [7, 11) is 1.07. The topological polar surface area (TPSA) is 79.1 Å². The Hall–Kier alpha value is -2.44. The van der Waals surface area contributed by atoms with Crippen molar-refractivity contribution < 1.29 is 28.5 Å². The van der Waals surface area contributed by atoms with E-state index in [2.05, 4.69) is 9.73 Å². The van der Waals surface area contributed by atoms with Crippen molar-refractivity contribution in [2.45, 2.75) is 18.9 Å². The number of carbonyl (C=O) groups is 1. The third kappa shape index (κ3) is 3.18. The Balaban J connectivity index is 2.50. The minimum Gasteiger partial charge on any atom is -0.506 e. The van der Waals surface area contributed by atoms with E-state index in [4.69, 9.17) is 5.11 Å². The Bertz CT molecular complexity index is 636. The van der Waals surface area contributed by atoms with E-state index < -0.39 is 40.2 Å². The van der Waals surface area contributed by atoms with Crippen LogP contribution in [0.25, 0.3) is 5.76 Å². The standard InChI is InChI=1S/C14H13F2NO4/c1-21-13-10(15)5-4-8(11(13)16)12(18)9(14(19)20)6-17-7-2-3-7/h4-7,18H,2-3H2,1H3,(H,19,20). The number of aliphatic imine (C=N–C) groups is 1. The van der Waals surface area contributed by atoms with Crippen LogP contribution < -0.4 is 4.74 Å². The number of hydrogen-bond donors (Lipinski definition) is 2. The smallest absolute Gasteiger partial charge is 0.341 e. The maximum Gasteiger partial charge on any atom is 0.341 e. The van der Waals surface area contributed by atoms with Crippen molar-refractivity contribution >= 4 is 17.9 Å². The molecule has 0 aliphatic heterocycles. The highest BCUT2D eigenvalue weighted by atomic mass is 19.1. The lowest BCUT2D eigenvalue weighted by molar-refractivity contribution is -0.132. The summed E-state index contributed by atoms with van der Waals surface area (Å²) in [5.41, 5.74) is -1.03. The van der Waals surface area contributed by atoms with Crippen LogP contribution in [0, 0.1) is 11.6 Å². The number of aliphatic hydroxyl groups is 1. The summed E-state index contributed by atoms with van der Waals surface area (Å²) in [6.45, 7) is 0. The van der Waals surface area contributed by atoms with Gasteiger partial charge in [-0.05, 0) is 25.0 Å². The van der Waals surface area contributed by atoms with Crippen LogP contribution in [0.1, 0.15) is 18.4 Å². The number of ether oxygens (including phenoxy) is 1. The van der Waals surface area contributed by atoms with Crippen molar-refractivity contribution in [1.82, 2.24) is 0 Å². The van der Waals surface area contributed by atoms with Crippen molar-refractivity contribution in [3.05, 3.63) is 34.9 Å². The Morgan fingerprint density at radius 3 is 2.57 bits per heavy atom. The molecule has 0 radical (unpaired) electrons. The average molecular weight is 297 g/mol. The molecule has 1 aromatic rings. The Morgan fingerprint density at radius 2 is 2.05 bits per heavy atom. The summed E-state index contributed by atoms with van der Waals surface area (Å²) >= 11 is 0. The lowest BCUT2D eigenvalue weighted by Gasteiger charge is -2.09. The van der Waals surface area contributed by atoms with Gasteiger partial charge in [0.2, 0.25) is 0 Å². The van der Waals surface area contributed by atoms with Gasteiger partial charge in [0, 0.05) is 6.21 Å². The molecule has 0 atom stereocenters. The molecule has 2 N–H and O–H groups in total. The highest BCUT2D eigenvalue weighted by Gasteiger charge is 2.23. The largest absolute Gasteiger partial charge is 0.506 e. The molecule has 1 fully saturated rings. The molecule has 7 heteroatoms.